The fraction of sp³-hybridized carbons (Fsp3) is 0.267. The van der Waals surface area contributed by atoms with Gasteiger partial charge in [0.15, 0.2) is 7.14 Å². The summed E-state index contributed by atoms with van der Waals surface area (Å²) in [4.78, 5) is 4.24. The van der Waals surface area contributed by atoms with E-state index >= 15 is 4.57 Å². The molecule has 0 bridgehead atoms. The first-order valence-electron chi connectivity index (χ1n) is 19.5. The molecule has 1 atom stereocenters. The monoisotopic (exact) mass is 799 g/mol. The number of hydrogen-bond donors (Lipinski definition) is 1. The van der Waals surface area contributed by atoms with E-state index in [1.165, 1.54) is 39.4 Å². The van der Waals surface area contributed by atoms with Crippen LogP contribution in [0.5, 0.6) is 0 Å². The Labute approximate surface area is 328 Å². The van der Waals surface area contributed by atoms with Crippen LogP contribution in [0.25, 0.3) is 16.0 Å². The molecule has 0 aliphatic carbocycles. The zero-order chi connectivity index (χ0) is 37.1. The van der Waals surface area contributed by atoms with E-state index in [-0.39, 0.29) is 4.90 Å². The van der Waals surface area contributed by atoms with Crippen LogP contribution in [0.3, 0.4) is 0 Å². The normalized spacial score (nSPS) is 19.8. The number of hydrogen-bond acceptors (Lipinski definition) is 6. The van der Waals surface area contributed by atoms with Crippen LogP contribution >= 0.6 is 29.8 Å². The van der Waals surface area contributed by atoms with Crippen molar-refractivity contribution in [1.82, 2.24) is 4.58 Å². The lowest BCUT2D eigenvalue weighted by atomic mass is 9.90. The molecule has 0 saturated carbocycles. The minimum Gasteiger partial charge on any atom is -0.371 e. The maximum Gasteiger partial charge on any atom is 0.295 e. The molecular weight excluding hydrogens is 760 g/mol. The van der Waals surface area contributed by atoms with Crippen LogP contribution in [-0.4, -0.2) is 39.1 Å². The Bertz CT molecular complexity index is 2950. The van der Waals surface area contributed by atoms with Crippen molar-refractivity contribution < 1.29 is 17.5 Å². The van der Waals surface area contributed by atoms with Crippen molar-refractivity contribution in [2.45, 2.75) is 56.3 Å². The zero-order valence-electron chi connectivity index (χ0n) is 30.4. The number of benzene rings is 4. The van der Waals surface area contributed by atoms with E-state index in [4.69, 9.17) is 0 Å². The maximum absolute atomic E-state index is 16.5. The lowest BCUT2D eigenvalue weighted by Gasteiger charge is -2.37. The first kappa shape index (κ1) is 34.2. The highest BCUT2D eigenvalue weighted by molar-refractivity contribution is 7.86. The molecule has 0 radical (unpaired) electrons. The van der Waals surface area contributed by atoms with Crippen LogP contribution in [0.2, 0.25) is 0 Å². The van der Waals surface area contributed by atoms with E-state index in [9.17, 15) is 13.0 Å². The Kier molecular flexibility index (Phi) is 7.89. The topological polar surface area (TPSA) is 77.7 Å². The van der Waals surface area contributed by atoms with Gasteiger partial charge in [0.2, 0.25) is 5.36 Å². The number of rotatable bonds is 4. The highest BCUT2D eigenvalue weighted by Gasteiger charge is 2.42. The summed E-state index contributed by atoms with van der Waals surface area (Å²) in [5.74, 6) is 0. The van der Waals surface area contributed by atoms with Crippen molar-refractivity contribution in [2.24, 2.45) is 0 Å². The fourth-order valence-corrected chi connectivity index (χ4v) is 17.1. The summed E-state index contributed by atoms with van der Waals surface area (Å²) < 4.78 is 57.7. The van der Waals surface area contributed by atoms with E-state index in [2.05, 4.69) is 45.9 Å². The second-order valence-electron chi connectivity index (χ2n) is 15.6. The summed E-state index contributed by atoms with van der Waals surface area (Å²) in [6.07, 6.45) is 8.72. The van der Waals surface area contributed by atoms with Gasteiger partial charge < -0.3 is 9.46 Å². The van der Waals surface area contributed by atoms with Crippen molar-refractivity contribution in [3.8, 4) is 10.4 Å². The molecule has 5 aliphatic rings. The van der Waals surface area contributed by atoms with Gasteiger partial charge in [0.1, 0.15) is 18.0 Å². The Hall–Kier alpha value is -4.11. The average Bonchev–Trinajstić information content (AvgIpc) is 3.86. The van der Waals surface area contributed by atoms with Crippen LogP contribution in [0.1, 0.15) is 58.4 Å². The third-order valence-corrected chi connectivity index (χ3v) is 19.1. The van der Waals surface area contributed by atoms with Gasteiger partial charge in [-0.05, 0) is 103 Å². The molecule has 0 amide bonds. The fourth-order valence-electron chi connectivity index (χ4n) is 10.1. The summed E-state index contributed by atoms with van der Waals surface area (Å²) in [6, 6.07) is 30.2. The third-order valence-electron chi connectivity index (χ3n) is 12.3. The smallest absolute Gasteiger partial charge is 0.295 e. The number of anilines is 1. The molecule has 2 aromatic heterocycles. The predicted octanol–water partition coefficient (Wildman–Crippen LogP) is 6.29. The summed E-state index contributed by atoms with van der Waals surface area (Å²) in [5, 5.41) is 4.77. The van der Waals surface area contributed by atoms with Gasteiger partial charge in [-0.2, -0.15) is 8.42 Å². The molecule has 1 N–H and O–H groups in total. The predicted molar refractivity (Wildman–Crippen MR) is 225 cm³/mol. The van der Waals surface area contributed by atoms with Gasteiger partial charge in [0, 0.05) is 88.6 Å². The van der Waals surface area contributed by atoms with Gasteiger partial charge in [-0.3, -0.25) is 4.55 Å². The van der Waals surface area contributed by atoms with Crippen LogP contribution in [0.15, 0.2) is 95.9 Å². The van der Waals surface area contributed by atoms with Crippen LogP contribution < -0.4 is 35.3 Å². The lowest BCUT2D eigenvalue weighted by molar-refractivity contribution is 0.480. The van der Waals surface area contributed by atoms with Crippen molar-refractivity contribution in [2.75, 3.05) is 31.1 Å². The molecule has 0 spiro atoms. The quantitative estimate of drug-likeness (QED) is 0.129. The second kappa shape index (κ2) is 12.7. The minimum absolute atomic E-state index is 0.139. The largest absolute Gasteiger partial charge is 0.371 e. The second-order valence-corrected chi connectivity index (χ2v) is 21.8. The molecule has 7 heterocycles. The van der Waals surface area contributed by atoms with Crippen molar-refractivity contribution >= 4 is 67.1 Å². The molecule has 5 aliphatic heterocycles. The van der Waals surface area contributed by atoms with E-state index < -0.39 is 17.3 Å². The molecular formula is C45H40N2O4PS3+. The van der Waals surface area contributed by atoms with E-state index in [0.29, 0.717) is 5.56 Å². The number of fused-ring (bicyclic) bond motifs is 2. The molecule has 0 fully saturated rings. The first-order valence-corrected chi connectivity index (χ1v) is 24.2. The average molecular weight is 800 g/mol. The summed E-state index contributed by atoms with van der Waals surface area (Å²) in [7, 11) is -8.05. The summed E-state index contributed by atoms with van der Waals surface area (Å²) >= 11 is 3.20. The van der Waals surface area contributed by atoms with Gasteiger partial charge >= 0.3 is 0 Å². The van der Waals surface area contributed by atoms with Crippen LogP contribution in [-0.2, 0) is 40.4 Å². The number of nitrogens with zero attached hydrogens (tertiary/aromatic N) is 2. The molecule has 4 aromatic carbocycles. The lowest BCUT2D eigenvalue weighted by Crippen LogP contribution is -2.43. The van der Waals surface area contributed by atoms with Gasteiger partial charge in [-0.15, -0.1) is 22.7 Å². The molecule has 55 heavy (non-hydrogen) atoms. The summed E-state index contributed by atoms with van der Waals surface area (Å²) in [5.41, 5.74) is 9.22. The molecule has 1 unspecified atom stereocenters. The maximum atomic E-state index is 16.5. The highest BCUT2D eigenvalue weighted by Crippen LogP contribution is 2.51. The zero-order valence-corrected chi connectivity index (χ0v) is 33.7. The molecule has 6 nitrogen and oxygen atoms in total. The molecule has 10 heteroatoms. The molecule has 0 saturated heterocycles. The number of aryl methyl sites for hydroxylation is 4. The Balaban J connectivity index is 1.26. The Morgan fingerprint density at radius 2 is 1.36 bits per heavy atom. The van der Waals surface area contributed by atoms with E-state index in [1.54, 1.807) is 34.8 Å². The highest BCUT2D eigenvalue weighted by atomic mass is 32.2. The summed E-state index contributed by atoms with van der Waals surface area (Å²) in [6.45, 7) is 4.42. The molecule has 6 aromatic rings. The van der Waals surface area contributed by atoms with Gasteiger partial charge in [0.05, 0.1) is 0 Å². The van der Waals surface area contributed by atoms with Crippen molar-refractivity contribution in [3.05, 3.63) is 143 Å². The number of thiophene rings is 2. The molecule has 276 valence electrons. The Morgan fingerprint density at radius 1 is 0.709 bits per heavy atom. The van der Waals surface area contributed by atoms with Crippen molar-refractivity contribution in [3.63, 3.8) is 0 Å². The van der Waals surface area contributed by atoms with E-state index in [0.717, 1.165) is 129 Å². The van der Waals surface area contributed by atoms with Crippen LogP contribution in [0.4, 0.5) is 5.69 Å². The van der Waals surface area contributed by atoms with Gasteiger partial charge in [-0.25, -0.2) is 4.58 Å². The third kappa shape index (κ3) is 5.30. The minimum atomic E-state index is -4.59. The van der Waals surface area contributed by atoms with Gasteiger partial charge in [-0.1, -0.05) is 48.5 Å². The van der Waals surface area contributed by atoms with Gasteiger partial charge in [0.25, 0.3) is 10.1 Å². The van der Waals surface area contributed by atoms with E-state index in [1.807, 2.05) is 36.4 Å². The Morgan fingerprint density at radius 3 is 2.05 bits per heavy atom. The SMILES string of the molecule is O=P1(c2ccccc2)c2cc(-c3cc4c5c(c3)CCCN5CCC4)sc2C(c2ccccc2S(=O)(=O)O)=c2sc(=c3cc4c5c(c3)CCC[N+]=5CCC4)cc21. The standard InChI is InChI=1S/C45H39N2O4PS3/c48-52(34-14-2-1-3-15-34)36-26-38(32-22-28-10-6-18-46-19-7-11-29(23-32)42(28)46)53-44(36)41(35-16-4-5-17-40(35)55(49,50)51)45-37(52)27-39(54-45)33-24-30-12-8-20-47-21-9-13-31(25-33)43(30)47/h1-5,14-17,22-27H,6-13,18-21H2/p+1. The van der Waals surface area contributed by atoms with Crippen LogP contribution in [0, 0.1) is 9.75 Å². The first-order chi connectivity index (χ1) is 26.8. The molecule has 11 rings (SSSR count). The van der Waals surface area contributed by atoms with Crippen molar-refractivity contribution in [1.29, 1.82) is 0 Å².